The number of hydrogen-bond acceptors (Lipinski definition) is 5. The number of hydrogen-bond donors (Lipinski definition) is 2. The molecule has 1 aromatic heterocycles. The van der Waals surface area contributed by atoms with E-state index in [0.717, 1.165) is 30.0 Å². The molecule has 0 saturated carbocycles. The van der Waals surface area contributed by atoms with Crippen LogP contribution in [0.25, 0.3) is 11.1 Å². The number of pyridine rings is 1. The van der Waals surface area contributed by atoms with Crippen LogP contribution < -0.4 is 11.1 Å². The van der Waals surface area contributed by atoms with Gasteiger partial charge in [0, 0.05) is 36.5 Å². The van der Waals surface area contributed by atoms with Crippen molar-refractivity contribution < 1.29 is 4.39 Å². The lowest BCUT2D eigenvalue weighted by Gasteiger charge is -2.35. The van der Waals surface area contributed by atoms with Crippen molar-refractivity contribution in [2.75, 3.05) is 18.8 Å². The number of nitrogens with one attached hydrogen (secondary N) is 1. The number of halogens is 1. The highest BCUT2D eigenvalue weighted by molar-refractivity contribution is 8.13. The second kappa shape index (κ2) is 5.62. The maximum atomic E-state index is 14.0. The SMILES string of the molecule is NC1=N[C@@]2(c3cccc(-c4cccnc4F)c3)CNC[C@H]2CS1. The predicted octanol–water partition coefficient (Wildman–Crippen LogP) is 2.36. The molecule has 3 heterocycles. The van der Waals surface area contributed by atoms with E-state index in [1.54, 1.807) is 23.9 Å². The Bertz CT molecular complexity index is 779. The molecule has 0 aliphatic carbocycles. The van der Waals surface area contributed by atoms with Gasteiger partial charge in [0.15, 0.2) is 5.17 Å². The monoisotopic (exact) mass is 328 g/mol. The Morgan fingerprint density at radius 2 is 2.22 bits per heavy atom. The van der Waals surface area contributed by atoms with Gasteiger partial charge < -0.3 is 11.1 Å². The summed E-state index contributed by atoms with van der Waals surface area (Å²) in [5.74, 6) is 0.896. The molecule has 1 fully saturated rings. The zero-order valence-corrected chi connectivity index (χ0v) is 13.3. The lowest BCUT2D eigenvalue weighted by atomic mass is 9.81. The first-order chi connectivity index (χ1) is 11.2. The molecule has 2 aliphatic rings. The van der Waals surface area contributed by atoms with Gasteiger partial charge in [0.2, 0.25) is 5.95 Å². The number of rotatable bonds is 2. The molecule has 4 nitrogen and oxygen atoms in total. The van der Waals surface area contributed by atoms with Crippen LogP contribution in [-0.2, 0) is 5.54 Å². The molecule has 0 bridgehead atoms. The van der Waals surface area contributed by atoms with Crippen LogP contribution in [0, 0.1) is 11.9 Å². The third-order valence-electron chi connectivity index (χ3n) is 4.64. The minimum atomic E-state index is -0.453. The fourth-order valence-electron chi connectivity index (χ4n) is 3.45. The highest BCUT2D eigenvalue weighted by Gasteiger charge is 2.46. The number of aromatic nitrogens is 1. The first-order valence-corrected chi connectivity index (χ1v) is 8.58. The fourth-order valence-corrected chi connectivity index (χ4v) is 4.45. The van der Waals surface area contributed by atoms with Gasteiger partial charge in [-0.05, 0) is 29.3 Å². The summed E-state index contributed by atoms with van der Waals surface area (Å²) in [5.41, 5.74) is 8.07. The summed E-state index contributed by atoms with van der Waals surface area (Å²) < 4.78 is 14.0. The van der Waals surface area contributed by atoms with Crippen LogP contribution in [0.4, 0.5) is 4.39 Å². The van der Waals surface area contributed by atoms with Gasteiger partial charge in [0.1, 0.15) is 5.54 Å². The second-order valence-corrected chi connectivity index (χ2v) is 6.98. The van der Waals surface area contributed by atoms with Crippen molar-refractivity contribution in [3.05, 3.63) is 54.1 Å². The minimum absolute atomic E-state index is 0.343. The number of nitrogens with two attached hydrogens (primary N) is 1. The van der Waals surface area contributed by atoms with Gasteiger partial charge in [-0.3, -0.25) is 0 Å². The van der Waals surface area contributed by atoms with Crippen LogP contribution in [0.15, 0.2) is 47.6 Å². The third kappa shape index (κ3) is 2.42. The molecular weight excluding hydrogens is 311 g/mol. The van der Waals surface area contributed by atoms with Gasteiger partial charge in [0.25, 0.3) is 0 Å². The number of amidine groups is 1. The Kier molecular flexibility index (Phi) is 3.58. The van der Waals surface area contributed by atoms with Crippen molar-refractivity contribution in [1.29, 1.82) is 0 Å². The summed E-state index contributed by atoms with van der Waals surface area (Å²) in [6, 6.07) is 11.4. The van der Waals surface area contributed by atoms with E-state index in [9.17, 15) is 4.39 Å². The molecule has 1 aromatic carbocycles. The molecular formula is C17H17FN4S. The number of nitrogens with zero attached hydrogens (tertiary/aromatic N) is 2. The van der Waals surface area contributed by atoms with Crippen molar-refractivity contribution in [3.63, 3.8) is 0 Å². The Labute approximate surface area is 138 Å². The third-order valence-corrected chi connectivity index (χ3v) is 5.59. The van der Waals surface area contributed by atoms with Gasteiger partial charge in [-0.15, -0.1) is 0 Å². The van der Waals surface area contributed by atoms with Crippen LogP contribution in [0.2, 0.25) is 0 Å². The van der Waals surface area contributed by atoms with Crippen molar-refractivity contribution in [1.82, 2.24) is 10.3 Å². The maximum Gasteiger partial charge on any atom is 0.220 e. The lowest BCUT2D eigenvalue weighted by Crippen LogP contribution is -2.39. The van der Waals surface area contributed by atoms with E-state index in [-0.39, 0.29) is 5.54 Å². The molecule has 6 heteroatoms. The minimum Gasteiger partial charge on any atom is -0.379 e. The zero-order valence-electron chi connectivity index (χ0n) is 12.5. The van der Waals surface area contributed by atoms with Crippen molar-refractivity contribution >= 4 is 16.9 Å². The second-order valence-electron chi connectivity index (χ2n) is 5.94. The van der Waals surface area contributed by atoms with E-state index in [2.05, 4.69) is 16.4 Å². The van der Waals surface area contributed by atoms with E-state index in [0.29, 0.717) is 16.6 Å². The van der Waals surface area contributed by atoms with E-state index in [1.165, 1.54) is 6.20 Å². The molecule has 2 aromatic rings. The maximum absolute atomic E-state index is 14.0. The van der Waals surface area contributed by atoms with Crippen molar-refractivity contribution in [3.8, 4) is 11.1 Å². The molecule has 0 radical (unpaired) electrons. The smallest absolute Gasteiger partial charge is 0.220 e. The van der Waals surface area contributed by atoms with Crippen molar-refractivity contribution in [2.45, 2.75) is 5.54 Å². The molecule has 23 heavy (non-hydrogen) atoms. The largest absolute Gasteiger partial charge is 0.379 e. The molecule has 0 spiro atoms. The normalized spacial score (nSPS) is 26.7. The van der Waals surface area contributed by atoms with E-state index >= 15 is 0 Å². The molecule has 0 unspecified atom stereocenters. The fraction of sp³-hybridized carbons (Fsp3) is 0.294. The molecule has 4 rings (SSSR count). The number of fused-ring (bicyclic) bond motifs is 1. The van der Waals surface area contributed by atoms with Crippen LogP contribution >= 0.6 is 11.8 Å². The molecule has 2 atom stereocenters. The van der Waals surface area contributed by atoms with Crippen molar-refractivity contribution in [2.24, 2.45) is 16.6 Å². The average molecular weight is 328 g/mol. The first-order valence-electron chi connectivity index (χ1n) is 7.59. The Hall–Kier alpha value is -1.92. The number of benzene rings is 1. The molecule has 3 N–H and O–H groups in total. The highest BCUT2D eigenvalue weighted by atomic mass is 32.2. The summed E-state index contributed by atoms with van der Waals surface area (Å²) in [6.07, 6.45) is 1.46. The topological polar surface area (TPSA) is 63.3 Å². The van der Waals surface area contributed by atoms with E-state index in [1.807, 2.05) is 18.2 Å². The standard InChI is InChI=1S/C17H17FN4S/c18-15-14(5-2-6-21-15)11-3-1-4-12(7-11)17-10-20-8-13(17)9-23-16(19)22-17/h1-7,13,20H,8-10H2,(H2,19,22)/t13-,17+/m0/s1. The van der Waals surface area contributed by atoms with Crippen LogP contribution in [-0.4, -0.2) is 29.0 Å². The van der Waals surface area contributed by atoms with Crippen LogP contribution in [0.5, 0.6) is 0 Å². The van der Waals surface area contributed by atoms with E-state index < -0.39 is 5.95 Å². The summed E-state index contributed by atoms with van der Waals surface area (Å²) in [5, 5.41) is 4.06. The summed E-state index contributed by atoms with van der Waals surface area (Å²) >= 11 is 1.61. The molecule has 2 aliphatic heterocycles. The van der Waals surface area contributed by atoms with Gasteiger partial charge in [-0.2, -0.15) is 4.39 Å². The Morgan fingerprint density at radius 1 is 1.30 bits per heavy atom. The average Bonchev–Trinajstić information content (AvgIpc) is 2.99. The summed E-state index contributed by atoms with van der Waals surface area (Å²) in [7, 11) is 0. The molecule has 0 amide bonds. The highest BCUT2D eigenvalue weighted by Crippen LogP contribution is 2.43. The van der Waals surface area contributed by atoms with Gasteiger partial charge in [-0.1, -0.05) is 30.0 Å². The number of thioether (sulfide) groups is 1. The molecule has 118 valence electrons. The van der Waals surface area contributed by atoms with Gasteiger partial charge >= 0.3 is 0 Å². The zero-order chi connectivity index (χ0) is 15.9. The number of aliphatic imine (C=N–C) groups is 1. The first kappa shape index (κ1) is 14.7. The Morgan fingerprint density at radius 3 is 3.09 bits per heavy atom. The quantitative estimate of drug-likeness (QED) is 0.831. The molecule has 1 saturated heterocycles. The summed E-state index contributed by atoms with van der Waals surface area (Å²) in [4.78, 5) is 8.53. The Balaban J connectivity index is 1.83. The summed E-state index contributed by atoms with van der Waals surface area (Å²) in [6.45, 7) is 1.69. The lowest BCUT2D eigenvalue weighted by molar-refractivity contribution is 0.387. The van der Waals surface area contributed by atoms with Gasteiger partial charge in [0.05, 0.1) is 0 Å². The van der Waals surface area contributed by atoms with E-state index in [4.69, 9.17) is 10.7 Å². The van der Waals surface area contributed by atoms with Crippen LogP contribution in [0.1, 0.15) is 5.56 Å². The predicted molar refractivity (Wildman–Crippen MR) is 91.7 cm³/mol. The van der Waals surface area contributed by atoms with Crippen LogP contribution in [0.3, 0.4) is 0 Å². The van der Waals surface area contributed by atoms with Gasteiger partial charge in [-0.25, -0.2) is 9.98 Å².